The lowest BCUT2D eigenvalue weighted by atomic mass is 9.87. The number of benzene rings is 1. The van der Waals surface area contributed by atoms with Crippen molar-refractivity contribution >= 4 is 5.69 Å². The fourth-order valence-corrected chi connectivity index (χ4v) is 3.13. The second-order valence-electron chi connectivity index (χ2n) is 6.42. The molecule has 1 heterocycles. The fourth-order valence-electron chi connectivity index (χ4n) is 3.13. The van der Waals surface area contributed by atoms with E-state index in [1.54, 1.807) is 0 Å². The van der Waals surface area contributed by atoms with Crippen molar-refractivity contribution in [1.82, 2.24) is 20.2 Å². The highest BCUT2D eigenvalue weighted by Gasteiger charge is 2.38. The number of tetrazole rings is 1. The number of hydrogen-bond acceptors (Lipinski definition) is 4. The van der Waals surface area contributed by atoms with Crippen molar-refractivity contribution in [1.29, 1.82) is 0 Å². The molecule has 1 fully saturated rings. The van der Waals surface area contributed by atoms with E-state index < -0.39 is 0 Å². The van der Waals surface area contributed by atoms with Gasteiger partial charge in [0.2, 0.25) is 0 Å². The molecule has 1 aliphatic rings. The third-order valence-corrected chi connectivity index (χ3v) is 4.53. The molecule has 5 heteroatoms. The van der Waals surface area contributed by atoms with Crippen LogP contribution in [0.2, 0.25) is 0 Å². The summed E-state index contributed by atoms with van der Waals surface area (Å²) >= 11 is 0. The molecule has 1 aromatic heterocycles. The van der Waals surface area contributed by atoms with Crippen LogP contribution in [0.3, 0.4) is 0 Å². The first-order valence-electron chi connectivity index (χ1n) is 7.13. The van der Waals surface area contributed by atoms with Crippen molar-refractivity contribution in [2.24, 2.45) is 5.41 Å². The minimum atomic E-state index is 0.236. The molecule has 106 valence electrons. The third kappa shape index (κ3) is 2.07. The van der Waals surface area contributed by atoms with E-state index in [0.29, 0.717) is 6.04 Å². The normalized spacial score (nSPS) is 21.2. The number of nitrogens with two attached hydrogens (primary N) is 1. The SMILES string of the molecule is Cc1ccc(-c2nnnn2C2CCCC2(C)C)cc1N. The number of aromatic nitrogens is 4. The highest BCUT2D eigenvalue weighted by molar-refractivity contribution is 5.63. The highest BCUT2D eigenvalue weighted by atomic mass is 15.6. The van der Waals surface area contributed by atoms with Gasteiger partial charge in [-0.2, -0.15) is 0 Å². The molecule has 0 aliphatic heterocycles. The Kier molecular flexibility index (Phi) is 3.00. The van der Waals surface area contributed by atoms with E-state index in [0.717, 1.165) is 29.1 Å². The largest absolute Gasteiger partial charge is 0.398 e. The highest BCUT2D eigenvalue weighted by Crippen LogP contribution is 2.46. The predicted molar refractivity (Wildman–Crippen MR) is 79.1 cm³/mol. The van der Waals surface area contributed by atoms with Gasteiger partial charge < -0.3 is 5.73 Å². The number of nitrogen functional groups attached to an aromatic ring is 1. The summed E-state index contributed by atoms with van der Waals surface area (Å²) in [4.78, 5) is 0. The van der Waals surface area contributed by atoms with Crippen LogP contribution < -0.4 is 5.73 Å². The van der Waals surface area contributed by atoms with Gasteiger partial charge in [-0.3, -0.25) is 0 Å². The van der Waals surface area contributed by atoms with Crippen LogP contribution in [0.5, 0.6) is 0 Å². The van der Waals surface area contributed by atoms with Crippen molar-refractivity contribution in [3.63, 3.8) is 0 Å². The van der Waals surface area contributed by atoms with Gasteiger partial charge in [0.15, 0.2) is 5.82 Å². The van der Waals surface area contributed by atoms with Crippen LogP contribution in [-0.4, -0.2) is 20.2 Å². The molecule has 2 N–H and O–H groups in total. The van der Waals surface area contributed by atoms with Gasteiger partial charge in [-0.1, -0.05) is 32.4 Å². The average Bonchev–Trinajstić information content (AvgIpc) is 2.98. The summed E-state index contributed by atoms with van der Waals surface area (Å²) in [7, 11) is 0. The van der Waals surface area contributed by atoms with E-state index in [4.69, 9.17) is 5.73 Å². The first-order chi connectivity index (χ1) is 9.49. The van der Waals surface area contributed by atoms with Crippen LogP contribution in [0.4, 0.5) is 5.69 Å². The molecule has 1 aromatic carbocycles. The fraction of sp³-hybridized carbons (Fsp3) is 0.533. The average molecular weight is 271 g/mol. The Hall–Kier alpha value is -1.91. The van der Waals surface area contributed by atoms with E-state index in [9.17, 15) is 0 Å². The van der Waals surface area contributed by atoms with E-state index in [1.807, 2.05) is 29.8 Å². The summed E-state index contributed by atoms with van der Waals surface area (Å²) < 4.78 is 1.98. The molecule has 1 atom stereocenters. The standard InChI is InChI=1S/C15H21N5/c1-10-6-7-11(9-12(10)16)14-17-18-19-20(14)13-5-4-8-15(13,2)3/h6-7,9,13H,4-5,8,16H2,1-3H3. The van der Waals surface area contributed by atoms with Gasteiger partial charge in [0.05, 0.1) is 6.04 Å². The summed E-state index contributed by atoms with van der Waals surface area (Å²) in [5.74, 6) is 0.816. The molecule has 0 saturated heterocycles. The molecule has 3 rings (SSSR count). The molecular weight excluding hydrogens is 250 g/mol. The van der Waals surface area contributed by atoms with Crippen LogP contribution in [-0.2, 0) is 0 Å². The number of rotatable bonds is 2. The zero-order chi connectivity index (χ0) is 14.3. The molecule has 1 aliphatic carbocycles. The van der Waals surface area contributed by atoms with E-state index in [2.05, 4.69) is 29.4 Å². The van der Waals surface area contributed by atoms with Crippen LogP contribution in [0, 0.1) is 12.3 Å². The lowest BCUT2D eigenvalue weighted by molar-refractivity contribution is 0.242. The van der Waals surface area contributed by atoms with Gasteiger partial charge in [-0.15, -0.1) is 5.10 Å². The molecule has 0 radical (unpaired) electrons. The van der Waals surface area contributed by atoms with Crippen molar-refractivity contribution in [3.8, 4) is 11.4 Å². The second kappa shape index (κ2) is 4.58. The maximum Gasteiger partial charge on any atom is 0.182 e. The van der Waals surface area contributed by atoms with E-state index in [-0.39, 0.29) is 5.41 Å². The topological polar surface area (TPSA) is 69.6 Å². The van der Waals surface area contributed by atoms with Crippen molar-refractivity contribution < 1.29 is 0 Å². The number of hydrogen-bond donors (Lipinski definition) is 1. The van der Waals surface area contributed by atoms with Gasteiger partial charge >= 0.3 is 0 Å². The molecule has 0 spiro atoms. The first kappa shape index (κ1) is 13.1. The molecule has 1 unspecified atom stereocenters. The third-order valence-electron chi connectivity index (χ3n) is 4.53. The van der Waals surface area contributed by atoms with Crippen LogP contribution in [0.25, 0.3) is 11.4 Å². The molecule has 2 aromatic rings. The number of nitrogens with zero attached hydrogens (tertiary/aromatic N) is 4. The summed E-state index contributed by atoms with van der Waals surface area (Å²) in [6.45, 7) is 6.58. The van der Waals surface area contributed by atoms with Crippen molar-refractivity contribution in [2.75, 3.05) is 5.73 Å². The molecular formula is C15H21N5. The monoisotopic (exact) mass is 271 g/mol. The predicted octanol–water partition coefficient (Wildman–Crippen LogP) is 2.98. The zero-order valence-electron chi connectivity index (χ0n) is 12.3. The summed E-state index contributed by atoms with van der Waals surface area (Å²) in [6, 6.07) is 6.37. The Morgan fingerprint density at radius 2 is 2.15 bits per heavy atom. The van der Waals surface area contributed by atoms with Crippen LogP contribution >= 0.6 is 0 Å². The quantitative estimate of drug-likeness (QED) is 0.852. The van der Waals surface area contributed by atoms with Gasteiger partial charge in [-0.25, -0.2) is 4.68 Å². The lowest BCUT2D eigenvalue weighted by Gasteiger charge is -2.27. The smallest absolute Gasteiger partial charge is 0.182 e. The summed E-state index contributed by atoms with van der Waals surface area (Å²) in [5, 5.41) is 12.3. The number of aryl methyl sites for hydroxylation is 1. The summed E-state index contributed by atoms with van der Waals surface area (Å²) in [6.07, 6.45) is 3.58. The Morgan fingerprint density at radius 3 is 2.80 bits per heavy atom. The molecule has 1 saturated carbocycles. The van der Waals surface area contributed by atoms with Gasteiger partial charge in [0, 0.05) is 11.3 Å². The Balaban J connectivity index is 2.04. The van der Waals surface area contributed by atoms with E-state index in [1.165, 1.54) is 12.8 Å². The number of anilines is 1. The molecule has 20 heavy (non-hydrogen) atoms. The van der Waals surface area contributed by atoms with Crippen LogP contribution in [0.1, 0.15) is 44.7 Å². The Morgan fingerprint density at radius 1 is 1.35 bits per heavy atom. The first-order valence-corrected chi connectivity index (χ1v) is 7.13. The Bertz CT molecular complexity index is 629. The maximum atomic E-state index is 6.01. The molecule has 0 bridgehead atoms. The second-order valence-corrected chi connectivity index (χ2v) is 6.42. The van der Waals surface area contributed by atoms with Crippen molar-refractivity contribution in [3.05, 3.63) is 23.8 Å². The summed E-state index contributed by atoms with van der Waals surface area (Å²) in [5.41, 5.74) is 9.09. The zero-order valence-corrected chi connectivity index (χ0v) is 12.3. The van der Waals surface area contributed by atoms with Gasteiger partial charge in [0.25, 0.3) is 0 Å². The minimum absolute atomic E-state index is 0.236. The van der Waals surface area contributed by atoms with Crippen LogP contribution in [0.15, 0.2) is 18.2 Å². The van der Waals surface area contributed by atoms with E-state index >= 15 is 0 Å². The van der Waals surface area contributed by atoms with Crippen molar-refractivity contribution in [2.45, 2.75) is 46.1 Å². The molecule has 5 nitrogen and oxygen atoms in total. The minimum Gasteiger partial charge on any atom is -0.398 e. The lowest BCUT2D eigenvalue weighted by Crippen LogP contribution is -2.23. The maximum absolute atomic E-state index is 6.01. The molecule has 0 amide bonds. The van der Waals surface area contributed by atoms with Gasteiger partial charge in [-0.05, 0) is 47.2 Å². The van der Waals surface area contributed by atoms with Gasteiger partial charge in [0.1, 0.15) is 0 Å². The Labute approximate surface area is 119 Å².